The predicted octanol–water partition coefficient (Wildman–Crippen LogP) is 1.43. The number of likely N-dealkylation sites (N-methyl/N-ethyl adjacent to an activating group) is 1. The molecule has 0 heterocycles. The number of amides is 1. The minimum atomic E-state index is -0.223. The maximum Gasteiger partial charge on any atom is 0.233 e. The molecule has 0 aliphatic rings. The quantitative estimate of drug-likeness (QED) is 0.614. The second-order valence-corrected chi connectivity index (χ2v) is 4.58. The Balaban J connectivity index is 3.35. The zero-order valence-electron chi connectivity index (χ0n) is 10.6. The fraction of sp³-hybridized carbons (Fsp3) is 0.833. The van der Waals surface area contributed by atoms with Crippen molar-refractivity contribution >= 4 is 5.91 Å². The van der Waals surface area contributed by atoms with Gasteiger partial charge in [-0.25, -0.2) is 0 Å². The van der Waals surface area contributed by atoms with Crippen molar-refractivity contribution in [1.29, 1.82) is 5.26 Å². The van der Waals surface area contributed by atoms with Crippen LogP contribution in [0.2, 0.25) is 0 Å². The molecular formula is C12H23N3O. The van der Waals surface area contributed by atoms with E-state index in [0.29, 0.717) is 13.1 Å². The molecule has 0 spiro atoms. The Labute approximate surface area is 98.4 Å². The van der Waals surface area contributed by atoms with Crippen LogP contribution in [0.3, 0.4) is 0 Å². The van der Waals surface area contributed by atoms with Gasteiger partial charge in [-0.3, -0.25) is 4.79 Å². The van der Waals surface area contributed by atoms with Crippen molar-refractivity contribution in [1.82, 2.24) is 10.6 Å². The molecule has 0 rings (SSSR count). The van der Waals surface area contributed by atoms with Gasteiger partial charge in [0.2, 0.25) is 5.91 Å². The van der Waals surface area contributed by atoms with Crippen LogP contribution in [0.5, 0.6) is 0 Å². The Morgan fingerprint density at radius 2 is 2.06 bits per heavy atom. The van der Waals surface area contributed by atoms with Gasteiger partial charge in [-0.2, -0.15) is 5.26 Å². The predicted molar refractivity (Wildman–Crippen MR) is 64.8 cm³/mol. The van der Waals surface area contributed by atoms with Crippen molar-refractivity contribution in [3.05, 3.63) is 0 Å². The van der Waals surface area contributed by atoms with Crippen LogP contribution < -0.4 is 10.6 Å². The number of rotatable bonds is 8. The van der Waals surface area contributed by atoms with E-state index in [0.717, 1.165) is 25.8 Å². The van der Waals surface area contributed by atoms with Crippen LogP contribution in [-0.2, 0) is 4.79 Å². The second kappa shape index (κ2) is 8.12. The van der Waals surface area contributed by atoms with Gasteiger partial charge in [0.25, 0.3) is 0 Å². The molecule has 0 aromatic heterocycles. The fourth-order valence-corrected chi connectivity index (χ4v) is 1.33. The van der Waals surface area contributed by atoms with Crippen LogP contribution in [0, 0.1) is 16.7 Å². The highest BCUT2D eigenvalue weighted by molar-refractivity contribution is 5.77. The monoisotopic (exact) mass is 225 g/mol. The molecule has 92 valence electrons. The first-order chi connectivity index (χ1) is 7.52. The van der Waals surface area contributed by atoms with E-state index in [1.807, 2.05) is 20.8 Å². The standard InChI is InChI=1S/C12H23N3O/c1-4-15-11(16)9-14-8-6-5-7-12(2,3)10-13/h14H,4-9H2,1-3H3,(H,15,16). The van der Waals surface area contributed by atoms with Gasteiger partial charge in [-0.15, -0.1) is 0 Å². The molecule has 0 aromatic carbocycles. The van der Waals surface area contributed by atoms with Crippen LogP contribution in [0.4, 0.5) is 0 Å². The highest BCUT2D eigenvalue weighted by Gasteiger charge is 2.15. The molecule has 0 saturated heterocycles. The number of carbonyl (C=O) groups is 1. The van der Waals surface area contributed by atoms with Crippen molar-refractivity contribution in [3.8, 4) is 6.07 Å². The third-order valence-corrected chi connectivity index (χ3v) is 2.37. The van der Waals surface area contributed by atoms with E-state index in [-0.39, 0.29) is 11.3 Å². The first kappa shape index (κ1) is 14.9. The van der Waals surface area contributed by atoms with Crippen LogP contribution in [0.1, 0.15) is 40.0 Å². The summed E-state index contributed by atoms with van der Waals surface area (Å²) < 4.78 is 0. The summed E-state index contributed by atoms with van der Waals surface area (Å²) in [6, 6.07) is 2.28. The Morgan fingerprint density at radius 3 is 2.62 bits per heavy atom. The number of hydrogen-bond acceptors (Lipinski definition) is 3. The maximum absolute atomic E-state index is 11.1. The Kier molecular flexibility index (Phi) is 7.57. The molecule has 0 bridgehead atoms. The summed E-state index contributed by atoms with van der Waals surface area (Å²) >= 11 is 0. The average molecular weight is 225 g/mol. The zero-order chi connectivity index (χ0) is 12.4. The molecule has 4 heteroatoms. The van der Waals surface area contributed by atoms with Crippen molar-refractivity contribution in [2.24, 2.45) is 5.41 Å². The van der Waals surface area contributed by atoms with E-state index in [9.17, 15) is 4.79 Å². The van der Waals surface area contributed by atoms with Crippen molar-refractivity contribution in [2.45, 2.75) is 40.0 Å². The Hall–Kier alpha value is -1.08. The highest BCUT2D eigenvalue weighted by atomic mass is 16.1. The van der Waals surface area contributed by atoms with E-state index in [1.54, 1.807) is 0 Å². The van der Waals surface area contributed by atoms with Gasteiger partial charge in [-0.1, -0.05) is 6.42 Å². The fourth-order valence-electron chi connectivity index (χ4n) is 1.33. The molecule has 0 saturated carbocycles. The number of nitrogens with zero attached hydrogens (tertiary/aromatic N) is 1. The van der Waals surface area contributed by atoms with Crippen LogP contribution >= 0.6 is 0 Å². The topological polar surface area (TPSA) is 64.9 Å². The van der Waals surface area contributed by atoms with Gasteiger partial charge < -0.3 is 10.6 Å². The minimum Gasteiger partial charge on any atom is -0.355 e. The lowest BCUT2D eigenvalue weighted by Crippen LogP contribution is -2.34. The van der Waals surface area contributed by atoms with Gasteiger partial charge in [0.1, 0.15) is 0 Å². The SMILES string of the molecule is CCNC(=O)CNCCCCC(C)(C)C#N. The molecule has 0 radical (unpaired) electrons. The summed E-state index contributed by atoms with van der Waals surface area (Å²) in [5.74, 6) is 0.0415. The Bertz CT molecular complexity index is 243. The zero-order valence-corrected chi connectivity index (χ0v) is 10.6. The summed E-state index contributed by atoms with van der Waals surface area (Å²) in [5, 5.41) is 14.6. The van der Waals surface area contributed by atoms with Crippen LogP contribution in [0.25, 0.3) is 0 Å². The average Bonchev–Trinajstić information content (AvgIpc) is 2.23. The first-order valence-electron chi connectivity index (χ1n) is 5.90. The summed E-state index contributed by atoms with van der Waals surface area (Å²) in [5.41, 5.74) is -0.223. The van der Waals surface area contributed by atoms with Gasteiger partial charge in [0.05, 0.1) is 18.0 Å². The molecule has 0 aliphatic heterocycles. The van der Waals surface area contributed by atoms with Crippen LogP contribution in [-0.4, -0.2) is 25.5 Å². The van der Waals surface area contributed by atoms with E-state index in [4.69, 9.17) is 5.26 Å². The largest absolute Gasteiger partial charge is 0.355 e. The van der Waals surface area contributed by atoms with Crippen molar-refractivity contribution in [3.63, 3.8) is 0 Å². The number of unbranched alkanes of at least 4 members (excludes halogenated alkanes) is 1. The minimum absolute atomic E-state index is 0.0415. The van der Waals surface area contributed by atoms with E-state index < -0.39 is 0 Å². The molecule has 1 amide bonds. The molecule has 0 fully saturated rings. The lowest BCUT2D eigenvalue weighted by Gasteiger charge is -2.14. The summed E-state index contributed by atoms with van der Waals surface area (Å²) in [7, 11) is 0. The van der Waals surface area contributed by atoms with Crippen molar-refractivity contribution in [2.75, 3.05) is 19.6 Å². The van der Waals surface area contributed by atoms with Gasteiger partial charge >= 0.3 is 0 Å². The van der Waals surface area contributed by atoms with Gasteiger partial charge in [0, 0.05) is 6.54 Å². The second-order valence-electron chi connectivity index (χ2n) is 4.58. The lowest BCUT2D eigenvalue weighted by molar-refractivity contribution is -0.120. The molecule has 0 aliphatic carbocycles. The van der Waals surface area contributed by atoms with Crippen LogP contribution in [0.15, 0.2) is 0 Å². The molecular weight excluding hydrogens is 202 g/mol. The summed E-state index contributed by atoms with van der Waals surface area (Å²) in [4.78, 5) is 11.1. The molecule has 0 atom stereocenters. The molecule has 0 unspecified atom stereocenters. The molecule has 0 aromatic rings. The number of hydrogen-bond donors (Lipinski definition) is 2. The first-order valence-corrected chi connectivity index (χ1v) is 5.90. The highest BCUT2D eigenvalue weighted by Crippen LogP contribution is 2.21. The molecule has 4 nitrogen and oxygen atoms in total. The van der Waals surface area contributed by atoms with Gasteiger partial charge in [-0.05, 0) is 40.2 Å². The Morgan fingerprint density at radius 1 is 1.38 bits per heavy atom. The number of nitriles is 1. The molecule has 2 N–H and O–H groups in total. The summed E-state index contributed by atoms with van der Waals surface area (Å²) in [6.45, 7) is 7.71. The third-order valence-electron chi connectivity index (χ3n) is 2.37. The van der Waals surface area contributed by atoms with E-state index in [1.165, 1.54) is 0 Å². The smallest absolute Gasteiger partial charge is 0.233 e. The normalized spacial score (nSPS) is 10.9. The van der Waals surface area contributed by atoms with Gasteiger partial charge in [0.15, 0.2) is 0 Å². The third kappa shape index (κ3) is 8.25. The maximum atomic E-state index is 11.1. The van der Waals surface area contributed by atoms with E-state index in [2.05, 4.69) is 16.7 Å². The number of nitrogens with one attached hydrogen (secondary N) is 2. The molecule has 16 heavy (non-hydrogen) atoms. The number of carbonyl (C=O) groups excluding carboxylic acids is 1. The van der Waals surface area contributed by atoms with Crippen molar-refractivity contribution < 1.29 is 4.79 Å². The van der Waals surface area contributed by atoms with E-state index >= 15 is 0 Å². The lowest BCUT2D eigenvalue weighted by atomic mass is 9.89. The summed E-state index contributed by atoms with van der Waals surface area (Å²) in [6.07, 6.45) is 2.93.